The van der Waals surface area contributed by atoms with E-state index in [-0.39, 0.29) is 18.1 Å². The van der Waals surface area contributed by atoms with Gasteiger partial charge in [-0.25, -0.2) is 4.98 Å². The lowest BCUT2D eigenvalue weighted by molar-refractivity contribution is 0.0467. The summed E-state index contributed by atoms with van der Waals surface area (Å²) in [7, 11) is 0. The molecular formula is C23H24N4O2. The first-order valence-electron chi connectivity index (χ1n) is 10.1. The van der Waals surface area contributed by atoms with Crippen LogP contribution in [-0.2, 0) is 0 Å². The van der Waals surface area contributed by atoms with Crippen LogP contribution in [-0.4, -0.2) is 44.7 Å². The maximum absolute atomic E-state index is 13.5. The molecule has 3 unspecified atom stereocenters. The Morgan fingerprint density at radius 1 is 1.17 bits per heavy atom. The van der Waals surface area contributed by atoms with Crippen molar-refractivity contribution >= 4 is 5.91 Å². The topological polar surface area (TPSA) is 71.1 Å². The third kappa shape index (κ3) is 3.28. The van der Waals surface area contributed by atoms with E-state index in [0.717, 1.165) is 41.9 Å². The maximum Gasteiger partial charge on any atom is 0.254 e. The first-order chi connectivity index (χ1) is 14.1. The maximum atomic E-state index is 13.5. The zero-order chi connectivity index (χ0) is 20.0. The molecule has 2 bridgehead atoms. The summed E-state index contributed by atoms with van der Waals surface area (Å²) >= 11 is 0. The summed E-state index contributed by atoms with van der Waals surface area (Å²) in [5.74, 6) is 1.17. The van der Waals surface area contributed by atoms with Crippen molar-refractivity contribution in [3.63, 3.8) is 0 Å². The molecule has 1 saturated carbocycles. The van der Waals surface area contributed by atoms with Crippen molar-refractivity contribution in [1.29, 1.82) is 0 Å². The molecule has 1 saturated heterocycles. The second-order valence-electron chi connectivity index (χ2n) is 8.17. The lowest BCUT2D eigenvalue weighted by Crippen LogP contribution is -2.47. The van der Waals surface area contributed by atoms with Gasteiger partial charge in [-0.1, -0.05) is 24.3 Å². The largest absolute Gasteiger partial charge is 0.472 e. The standard InChI is InChI=1S/C23H24N4O2/c1-14-7-8-22(24-12-14)29-21-11-16-10-20(21)27(13-16)23(28)18-6-4-3-5-17(18)19-9-15(2)25-26-19/h3-9,12,16,20-21H,10-11,13H2,1-2H3,(H,25,26). The number of nitrogens with one attached hydrogen (secondary N) is 1. The van der Waals surface area contributed by atoms with E-state index in [1.807, 2.05) is 67.4 Å². The Morgan fingerprint density at radius 3 is 2.76 bits per heavy atom. The smallest absolute Gasteiger partial charge is 0.254 e. The van der Waals surface area contributed by atoms with Crippen molar-refractivity contribution in [3.8, 4) is 17.1 Å². The summed E-state index contributed by atoms with van der Waals surface area (Å²) in [6, 6.07) is 13.7. The molecule has 2 aliphatic rings. The molecule has 3 aromatic rings. The number of rotatable bonds is 4. The molecule has 1 aliphatic heterocycles. The molecule has 6 nitrogen and oxygen atoms in total. The number of amides is 1. The molecule has 1 amide bonds. The summed E-state index contributed by atoms with van der Waals surface area (Å²) < 4.78 is 6.18. The van der Waals surface area contributed by atoms with E-state index >= 15 is 0 Å². The molecule has 5 rings (SSSR count). The molecule has 1 aromatic carbocycles. The highest BCUT2D eigenvalue weighted by atomic mass is 16.5. The fourth-order valence-corrected chi connectivity index (χ4v) is 4.61. The fourth-order valence-electron chi connectivity index (χ4n) is 4.61. The molecule has 1 aliphatic carbocycles. The number of benzene rings is 1. The molecule has 3 atom stereocenters. The number of carbonyl (C=O) groups excluding carboxylic acids is 1. The van der Waals surface area contributed by atoms with Gasteiger partial charge in [-0.3, -0.25) is 9.89 Å². The number of piperidine rings is 1. The number of carbonyl (C=O) groups is 1. The number of aromatic nitrogens is 3. The van der Waals surface area contributed by atoms with Crippen LogP contribution in [0.3, 0.4) is 0 Å². The van der Waals surface area contributed by atoms with Crippen molar-refractivity contribution in [2.45, 2.75) is 38.8 Å². The van der Waals surface area contributed by atoms with Gasteiger partial charge >= 0.3 is 0 Å². The highest BCUT2D eigenvalue weighted by Gasteiger charge is 2.48. The van der Waals surface area contributed by atoms with Gasteiger partial charge in [0.1, 0.15) is 6.10 Å². The highest BCUT2D eigenvalue weighted by Crippen LogP contribution is 2.41. The summed E-state index contributed by atoms with van der Waals surface area (Å²) in [6.07, 6.45) is 3.77. The third-order valence-corrected chi connectivity index (χ3v) is 5.98. The van der Waals surface area contributed by atoms with Gasteiger partial charge < -0.3 is 9.64 Å². The van der Waals surface area contributed by atoms with Crippen LogP contribution in [0.25, 0.3) is 11.3 Å². The minimum atomic E-state index is -0.00676. The Balaban J connectivity index is 1.39. The Hall–Kier alpha value is -3.15. The van der Waals surface area contributed by atoms with Crippen LogP contribution >= 0.6 is 0 Å². The highest BCUT2D eigenvalue weighted by molar-refractivity contribution is 6.01. The number of aryl methyl sites for hydroxylation is 2. The lowest BCUT2D eigenvalue weighted by Gasteiger charge is -2.33. The number of H-pyrrole nitrogens is 1. The number of pyridine rings is 1. The van der Waals surface area contributed by atoms with E-state index in [9.17, 15) is 4.79 Å². The van der Waals surface area contributed by atoms with Crippen LogP contribution in [0.2, 0.25) is 0 Å². The first-order valence-corrected chi connectivity index (χ1v) is 10.1. The summed E-state index contributed by atoms with van der Waals surface area (Å²) in [5.41, 5.74) is 4.43. The van der Waals surface area contributed by atoms with Crippen molar-refractivity contribution in [3.05, 3.63) is 65.5 Å². The molecule has 0 radical (unpaired) electrons. The fraction of sp³-hybridized carbons (Fsp3) is 0.348. The molecule has 29 heavy (non-hydrogen) atoms. The van der Waals surface area contributed by atoms with Crippen molar-refractivity contribution in [1.82, 2.24) is 20.1 Å². The van der Waals surface area contributed by atoms with Crippen molar-refractivity contribution in [2.75, 3.05) is 6.54 Å². The molecule has 3 heterocycles. The van der Waals surface area contributed by atoms with Gasteiger partial charge in [-0.05, 0) is 50.3 Å². The second kappa shape index (κ2) is 7.03. The van der Waals surface area contributed by atoms with Gasteiger partial charge in [0.2, 0.25) is 5.88 Å². The average Bonchev–Trinajstić information content (AvgIpc) is 3.45. The molecular weight excluding hydrogens is 364 g/mol. The van der Waals surface area contributed by atoms with E-state index in [1.54, 1.807) is 0 Å². The second-order valence-corrected chi connectivity index (χ2v) is 8.17. The Morgan fingerprint density at radius 2 is 2.03 bits per heavy atom. The lowest BCUT2D eigenvalue weighted by atomic mass is 10.0. The monoisotopic (exact) mass is 388 g/mol. The predicted octanol–water partition coefficient (Wildman–Crippen LogP) is 3.77. The Bertz CT molecular complexity index is 1040. The zero-order valence-corrected chi connectivity index (χ0v) is 16.6. The van der Waals surface area contributed by atoms with Gasteiger partial charge in [0.25, 0.3) is 5.91 Å². The first kappa shape index (κ1) is 17.9. The van der Waals surface area contributed by atoms with Gasteiger partial charge in [-0.15, -0.1) is 0 Å². The van der Waals surface area contributed by atoms with Crippen LogP contribution < -0.4 is 4.74 Å². The molecule has 2 fully saturated rings. The normalized spacial score (nSPS) is 22.8. The van der Waals surface area contributed by atoms with Crippen molar-refractivity contribution < 1.29 is 9.53 Å². The Kier molecular flexibility index (Phi) is 4.34. The number of ether oxygens (including phenoxy) is 1. The third-order valence-electron chi connectivity index (χ3n) is 5.98. The van der Waals surface area contributed by atoms with Crippen LogP contribution in [0.1, 0.15) is 34.5 Å². The molecule has 148 valence electrons. The molecule has 0 spiro atoms. The minimum Gasteiger partial charge on any atom is -0.472 e. The van der Waals surface area contributed by atoms with Gasteiger partial charge in [-0.2, -0.15) is 5.10 Å². The average molecular weight is 388 g/mol. The summed E-state index contributed by atoms with van der Waals surface area (Å²) in [6.45, 7) is 4.76. The minimum absolute atomic E-state index is 0.00676. The van der Waals surface area contributed by atoms with E-state index < -0.39 is 0 Å². The van der Waals surface area contributed by atoms with E-state index in [1.165, 1.54) is 0 Å². The van der Waals surface area contributed by atoms with Crippen LogP contribution in [0.15, 0.2) is 48.7 Å². The quantitative estimate of drug-likeness (QED) is 0.739. The van der Waals surface area contributed by atoms with Crippen molar-refractivity contribution in [2.24, 2.45) is 5.92 Å². The summed E-state index contributed by atoms with van der Waals surface area (Å²) in [4.78, 5) is 19.9. The van der Waals surface area contributed by atoms with Gasteiger partial charge in [0.05, 0.1) is 11.7 Å². The van der Waals surface area contributed by atoms with Crippen LogP contribution in [0.4, 0.5) is 0 Å². The zero-order valence-electron chi connectivity index (χ0n) is 16.6. The molecule has 6 heteroatoms. The van der Waals surface area contributed by atoms with E-state index in [0.29, 0.717) is 17.4 Å². The SMILES string of the molecule is Cc1ccc(OC2CC3CC2N(C(=O)c2ccccc2-c2cc(C)[nH]n2)C3)nc1. The number of aromatic amines is 1. The number of fused-ring (bicyclic) bond motifs is 2. The summed E-state index contributed by atoms with van der Waals surface area (Å²) in [5, 5.41) is 7.32. The predicted molar refractivity (Wildman–Crippen MR) is 110 cm³/mol. The van der Waals surface area contributed by atoms with Crippen LogP contribution in [0, 0.1) is 19.8 Å². The Labute approximate surface area is 169 Å². The number of hydrogen-bond acceptors (Lipinski definition) is 4. The number of nitrogens with zero attached hydrogens (tertiary/aromatic N) is 3. The van der Waals surface area contributed by atoms with E-state index in [4.69, 9.17) is 4.74 Å². The molecule has 1 N–H and O–H groups in total. The number of likely N-dealkylation sites (tertiary alicyclic amines) is 1. The van der Waals surface area contributed by atoms with Crippen LogP contribution in [0.5, 0.6) is 5.88 Å². The molecule has 2 aromatic heterocycles. The van der Waals surface area contributed by atoms with Gasteiger partial charge in [0.15, 0.2) is 0 Å². The number of hydrogen-bond donors (Lipinski definition) is 1. The van der Waals surface area contributed by atoms with E-state index in [2.05, 4.69) is 15.2 Å². The van der Waals surface area contributed by atoms with Gasteiger partial charge in [0, 0.05) is 35.6 Å².